The minimum atomic E-state index is -0.0925. The fraction of sp³-hybridized carbons (Fsp3) is 0.500. The number of nitrogens with one attached hydrogen (secondary N) is 2. The van der Waals surface area contributed by atoms with Crippen LogP contribution >= 0.6 is 11.3 Å². The molecule has 33 heavy (non-hydrogen) atoms. The van der Waals surface area contributed by atoms with Crippen LogP contribution in [0.25, 0.3) is 21.3 Å². The number of benzene rings is 1. The standard InChI is InChI=1S/C26H32N4O2S/c1-16-6-5-8-19(14-16)20-15-33-23-22(20)28-26(29-25(23)32)30-12-10-18(11-13-30)24(31)27-21-9-4-3-7-17(21)2/h5-6,8,14-15,17-18,21H,3-4,7,9-13H2,1-2H3,(H,27,31)(H,28,29,32)/t17-,21+/m0/s1. The van der Waals surface area contributed by atoms with Gasteiger partial charge < -0.3 is 10.2 Å². The molecule has 5 rings (SSSR count). The van der Waals surface area contributed by atoms with Crippen molar-refractivity contribution in [1.82, 2.24) is 15.3 Å². The number of hydrogen-bond acceptors (Lipinski definition) is 5. The Morgan fingerprint density at radius 1 is 1.18 bits per heavy atom. The zero-order valence-electron chi connectivity index (χ0n) is 19.4. The highest BCUT2D eigenvalue weighted by atomic mass is 32.1. The van der Waals surface area contributed by atoms with E-state index in [2.05, 4.69) is 47.2 Å². The molecule has 3 aromatic rings. The number of nitrogens with zero attached hydrogens (tertiary/aromatic N) is 2. The molecule has 174 valence electrons. The minimum absolute atomic E-state index is 0.0369. The molecule has 2 aliphatic rings. The third-order valence-electron chi connectivity index (χ3n) is 7.35. The zero-order chi connectivity index (χ0) is 22.9. The number of aromatic nitrogens is 2. The molecule has 1 saturated carbocycles. The van der Waals surface area contributed by atoms with Crippen LogP contribution in [0.15, 0.2) is 34.4 Å². The molecule has 1 amide bonds. The molecule has 2 N–H and O–H groups in total. The summed E-state index contributed by atoms with van der Waals surface area (Å²) in [4.78, 5) is 35.7. The predicted molar refractivity (Wildman–Crippen MR) is 135 cm³/mol. The molecule has 2 fully saturated rings. The van der Waals surface area contributed by atoms with E-state index < -0.39 is 0 Å². The molecule has 1 saturated heterocycles. The molecule has 0 spiro atoms. The van der Waals surface area contributed by atoms with E-state index in [0.717, 1.165) is 49.0 Å². The average molecular weight is 465 g/mol. The Morgan fingerprint density at radius 2 is 1.97 bits per heavy atom. The molecule has 7 heteroatoms. The van der Waals surface area contributed by atoms with E-state index in [1.807, 2.05) is 11.4 Å². The third-order valence-corrected chi connectivity index (χ3v) is 8.32. The summed E-state index contributed by atoms with van der Waals surface area (Å²) in [5.41, 5.74) is 3.93. The largest absolute Gasteiger partial charge is 0.353 e. The van der Waals surface area contributed by atoms with Gasteiger partial charge in [0.1, 0.15) is 4.70 Å². The van der Waals surface area contributed by atoms with Crippen LogP contribution < -0.4 is 15.8 Å². The van der Waals surface area contributed by atoms with Crippen LogP contribution in [0, 0.1) is 18.8 Å². The molecule has 0 bridgehead atoms. The number of carbonyl (C=O) groups is 1. The van der Waals surface area contributed by atoms with E-state index in [1.54, 1.807) is 0 Å². The average Bonchev–Trinajstić information content (AvgIpc) is 3.25. The number of piperidine rings is 1. The number of fused-ring (bicyclic) bond motifs is 1. The summed E-state index contributed by atoms with van der Waals surface area (Å²) in [5, 5.41) is 5.35. The Morgan fingerprint density at radius 3 is 2.73 bits per heavy atom. The molecule has 1 aliphatic heterocycles. The number of aryl methyl sites for hydroxylation is 1. The van der Waals surface area contributed by atoms with Crippen molar-refractivity contribution < 1.29 is 4.79 Å². The highest BCUT2D eigenvalue weighted by molar-refractivity contribution is 7.17. The summed E-state index contributed by atoms with van der Waals surface area (Å²) in [7, 11) is 0. The van der Waals surface area contributed by atoms with Crippen molar-refractivity contribution in [2.75, 3.05) is 18.0 Å². The maximum absolute atomic E-state index is 12.9. The fourth-order valence-corrected chi connectivity index (χ4v) is 6.18. The molecule has 6 nitrogen and oxygen atoms in total. The van der Waals surface area contributed by atoms with Crippen molar-refractivity contribution in [3.8, 4) is 11.1 Å². The number of carbonyl (C=O) groups excluding carboxylic acids is 1. The van der Waals surface area contributed by atoms with Gasteiger partial charge in [0.15, 0.2) is 0 Å². The van der Waals surface area contributed by atoms with Gasteiger partial charge in [-0.15, -0.1) is 11.3 Å². The van der Waals surface area contributed by atoms with Crippen molar-refractivity contribution in [3.05, 3.63) is 45.6 Å². The van der Waals surface area contributed by atoms with Crippen LogP contribution in [0.2, 0.25) is 0 Å². The van der Waals surface area contributed by atoms with E-state index in [-0.39, 0.29) is 17.4 Å². The van der Waals surface area contributed by atoms with Gasteiger partial charge in [0.25, 0.3) is 5.56 Å². The van der Waals surface area contributed by atoms with Gasteiger partial charge in [0.05, 0.1) is 5.52 Å². The molecule has 1 aromatic carbocycles. The highest BCUT2D eigenvalue weighted by Crippen LogP contribution is 2.33. The number of aromatic amines is 1. The van der Waals surface area contributed by atoms with Gasteiger partial charge in [-0.05, 0) is 44.1 Å². The van der Waals surface area contributed by atoms with Crippen molar-refractivity contribution >= 4 is 33.4 Å². The van der Waals surface area contributed by atoms with Gasteiger partial charge in [0, 0.05) is 36.0 Å². The quantitative estimate of drug-likeness (QED) is 0.577. The molecular formula is C26H32N4O2S. The topological polar surface area (TPSA) is 78.1 Å². The zero-order valence-corrected chi connectivity index (χ0v) is 20.2. The maximum atomic E-state index is 12.9. The van der Waals surface area contributed by atoms with E-state index >= 15 is 0 Å². The number of anilines is 1. The molecular weight excluding hydrogens is 432 g/mol. The van der Waals surface area contributed by atoms with Crippen molar-refractivity contribution in [1.29, 1.82) is 0 Å². The van der Waals surface area contributed by atoms with Crippen LogP contribution in [0.3, 0.4) is 0 Å². The molecule has 3 heterocycles. The highest BCUT2D eigenvalue weighted by Gasteiger charge is 2.30. The SMILES string of the molecule is Cc1cccc(-c2csc3c(=O)[nH]c(N4CCC(C(=O)N[C@@H]5CCCC[C@@H]5C)CC4)nc23)c1. The molecule has 2 atom stereocenters. The lowest BCUT2D eigenvalue weighted by Gasteiger charge is -2.34. The van der Waals surface area contributed by atoms with Gasteiger partial charge in [-0.1, -0.05) is 49.6 Å². The van der Waals surface area contributed by atoms with E-state index in [9.17, 15) is 9.59 Å². The molecule has 1 aliphatic carbocycles. The second-order valence-corrected chi connectivity index (χ2v) is 10.6. The first kappa shape index (κ1) is 22.1. The van der Waals surface area contributed by atoms with E-state index in [0.29, 0.717) is 22.6 Å². The van der Waals surface area contributed by atoms with Gasteiger partial charge in [-0.3, -0.25) is 14.6 Å². The van der Waals surface area contributed by atoms with Crippen molar-refractivity contribution in [3.63, 3.8) is 0 Å². The summed E-state index contributed by atoms with van der Waals surface area (Å²) in [6.45, 7) is 5.76. The van der Waals surface area contributed by atoms with Gasteiger partial charge in [-0.25, -0.2) is 4.98 Å². The number of thiophene rings is 1. The Hall–Kier alpha value is -2.67. The summed E-state index contributed by atoms with van der Waals surface area (Å²) in [6, 6.07) is 8.61. The molecule has 2 aromatic heterocycles. The van der Waals surface area contributed by atoms with Gasteiger partial charge in [-0.2, -0.15) is 0 Å². The van der Waals surface area contributed by atoms with Crippen LogP contribution in [0.5, 0.6) is 0 Å². The number of rotatable bonds is 4. The van der Waals surface area contributed by atoms with E-state index in [1.165, 1.54) is 36.2 Å². The Balaban J connectivity index is 1.31. The van der Waals surface area contributed by atoms with Crippen molar-refractivity contribution in [2.24, 2.45) is 11.8 Å². The maximum Gasteiger partial charge on any atom is 0.270 e. The first-order chi connectivity index (χ1) is 16.0. The second kappa shape index (κ2) is 9.29. The smallest absolute Gasteiger partial charge is 0.270 e. The summed E-state index contributed by atoms with van der Waals surface area (Å²) >= 11 is 1.44. The lowest BCUT2D eigenvalue weighted by atomic mass is 9.85. The number of amides is 1. The monoisotopic (exact) mass is 464 g/mol. The summed E-state index contributed by atoms with van der Waals surface area (Å²) < 4.78 is 0.658. The summed E-state index contributed by atoms with van der Waals surface area (Å²) in [5.74, 6) is 1.41. The van der Waals surface area contributed by atoms with Crippen molar-refractivity contribution in [2.45, 2.75) is 58.4 Å². The minimum Gasteiger partial charge on any atom is -0.353 e. The van der Waals surface area contributed by atoms with Crippen LogP contribution in [-0.4, -0.2) is 35.0 Å². The number of H-pyrrole nitrogens is 1. The van der Waals surface area contributed by atoms with Crippen LogP contribution in [0.4, 0.5) is 5.95 Å². The Bertz CT molecular complexity index is 1210. The fourth-order valence-electron chi connectivity index (χ4n) is 5.27. The lowest BCUT2D eigenvalue weighted by Crippen LogP contribution is -2.47. The van der Waals surface area contributed by atoms with Crippen LogP contribution in [-0.2, 0) is 4.79 Å². The predicted octanol–water partition coefficient (Wildman–Crippen LogP) is 4.87. The lowest BCUT2D eigenvalue weighted by molar-refractivity contribution is -0.126. The van der Waals surface area contributed by atoms with E-state index in [4.69, 9.17) is 4.98 Å². The third kappa shape index (κ3) is 4.56. The second-order valence-electron chi connectivity index (χ2n) is 9.72. The first-order valence-corrected chi connectivity index (χ1v) is 13.0. The first-order valence-electron chi connectivity index (χ1n) is 12.1. The Labute approximate surface area is 198 Å². The van der Waals surface area contributed by atoms with Crippen LogP contribution in [0.1, 0.15) is 51.0 Å². The summed E-state index contributed by atoms with van der Waals surface area (Å²) in [6.07, 6.45) is 6.35. The molecule has 0 radical (unpaired) electrons. The van der Waals surface area contributed by atoms with Gasteiger partial charge in [0.2, 0.25) is 11.9 Å². The number of hydrogen-bond donors (Lipinski definition) is 2. The normalized spacial score (nSPS) is 21.9. The molecule has 0 unspecified atom stereocenters. The van der Waals surface area contributed by atoms with Gasteiger partial charge >= 0.3 is 0 Å². The Kier molecular flexibility index (Phi) is 6.23.